The number of anilines is 3. The lowest BCUT2D eigenvalue weighted by molar-refractivity contribution is 0.0256. The summed E-state index contributed by atoms with van der Waals surface area (Å²) >= 11 is 6.11. The number of nitrogens with two attached hydrogens (primary N) is 1. The molecule has 0 bridgehead atoms. The van der Waals surface area contributed by atoms with Gasteiger partial charge in [0.15, 0.2) is 18.2 Å². The van der Waals surface area contributed by atoms with Crippen molar-refractivity contribution in [1.82, 2.24) is 9.97 Å². The van der Waals surface area contributed by atoms with Gasteiger partial charge >= 0.3 is 6.01 Å². The minimum Gasteiger partial charge on any atom is -0.457 e. The van der Waals surface area contributed by atoms with Gasteiger partial charge in [0.05, 0.1) is 6.54 Å². The quantitative estimate of drug-likeness (QED) is 0.665. The van der Waals surface area contributed by atoms with Crippen LogP contribution in [0.4, 0.5) is 34.9 Å². The molecule has 6 nitrogen and oxygen atoms in total. The highest BCUT2D eigenvalue weighted by Crippen LogP contribution is 2.36. The number of halogens is 5. The van der Waals surface area contributed by atoms with E-state index in [0.29, 0.717) is 5.02 Å². The molecule has 0 aliphatic carbocycles. The summed E-state index contributed by atoms with van der Waals surface area (Å²) in [6.07, 6.45) is -3.09. The zero-order chi connectivity index (χ0) is 20.3. The molecule has 1 aliphatic heterocycles. The van der Waals surface area contributed by atoms with E-state index in [1.807, 2.05) is 0 Å². The number of aromatic nitrogens is 2. The Morgan fingerprint density at radius 1 is 1.29 bits per heavy atom. The Morgan fingerprint density at radius 2 is 2.04 bits per heavy atom. The van der Waals surface area contributed by atoms with E-state index in [2.05, 4.69) is 15.3 Å². The summed E-state index contributed by atoms with van der Waals surface area (Å²) in [5.74, 6) is -2.78. The van der Waals surface area contributed by atoms with Gasteiger partial charge in [-0.25, -0.2) is 17.6 Å². The Kier molecular flexibility index (Phi) is 5.97. The van der Waals surface area contributed by atoms with Crippen LogP contribution in [-0.2, 0) is 6.54 Å². The van der Waals surface area contributed by atoms with Crippen molar-refractivity contribution in [2.45, 2.75) is 25.3 Å². The van der Waals surface area contributed by atoms with E-state index in [-0.39, 0.29) is 42.8 Å². The van der Waals surface area contributed by atoms with Crippen LogP contribution in [0.5, 0.6) is 6.01 Å². The molecule has 3 rings (SSSR count). The number of nitrogen functional groups attached to an aromatic ring is 1. The van der Waals surface area contributed by atoms with E-state index in [1.165, 1.54) is 4.90 Å². The third kappa shape index (κ3) is 4.86. The van der Waals surface area contributed by atoms with Crippen molar-refractivity contribution in [2.75, 3.05) is 35.6 Å². The number of nitrogens with zero attached hydrogens (tertiary/aromatic N) is 3. The summed E-state index contributed by atoms with van der Waals surface area (Å²) in [4.78, 5) is 9.24. The maximum atomic E-state index is 13.6. The van der Waals surface area contributed by atoms with E-state index in [9.17, 15) is 17.6 Å². The average molecular weight is 420 g/mol. The van der Waals surface area contributed by atoms with Gasteiger partial charge < -0.3 is 20.7 Å². The summed E-state index contributed by atoms with van der Waals surface area (Å²) < 4.78 is 57.0. The molecule has 0 amide bonds. The number of alkyl halides is 4. The minimum atomic E-state index is -2.88. The fraction of sp³-hybridized carbons (Fsp3) is 0.412. The summed E-state index contributed by atoms with van der Waals surface area (Å²) in [6, 6.07) is 6.68. The molecular formula is C17H18ClF4N5O. The molecule has 152 valence electrons. The van der Waals surface area contributed by atoms with Gasteiger partial charge in [0.25, 0.3) is 12.3 Å². The van der Waals surface area contributed by atoms with Crippen LogP contribution in [0.15, 0.2) is 24.3 Å². The van der Waals surface area contributed by atoms with Crippen LogP contribution in [-0.4, -0.2) is 42.0 Å². The number of nitrogens with one attached hydrogen (secondary N) is 1. The van der Waals surface area contributed by atoms with E-state index in [0.717, 1.165) is 5.56 Å². The zero-order valence-electron chi connectivity index (χ0n) is 14.6. The lowest BCUT2D eigenvalue weighted by Gasteiger charge is -2.21. The highest BCUT2D eigenvalue weighted by molar-refractivity contribution is 6.31. The SMILES string of the molecule is Nc1c(NCc2ccccc2Cl)nc(OCC(F)F)nc1N1CCC(F)(F)C1. The van der Waals surface area contributed by atoms with Gasteiger partial charge in [-0.05, 0) is 11.6 Å². The lowest BCUT2D eigenvalue weighted by Crippen LogP contribution is -2.27. The molecule has 1 saturated heterocycles. The van der Waals surface area contributed by atoms with Crippen molar-refractivity contribution < 1.29 is 22.3 Å². The fourth-order valence-electron chi connectivity index (χ4n) is 2.75. The van der Waals surface area contributed by atoms with Crippen LogP contribution < -0.4 is 20.7 Å². The van der Waals surface area contributed by atoms with E-state index < -0.39 is 25.5 Å². The van der Waals surface area contributed by atoms with E-state index in [4.69, 9.17) is 22.1 Å². The second-order valence-electron chi connectivity index (χ2n) is 6.27. The number of ether oxygens (including phenoxy) is 1. The molecule has 0 spiro atoms. The highest BCUT2D eigenvalue weighted by Gasteiger charge is 2.40. The largest absolute Gasteiger partial charge is 0.457 e. The monoisotopic (exact) mass is 419 g/mol. The van der Waals surface area contributed by atoms with Crippen LogP contribution in [0.2, 0.25) is 5.02 Å². The molecule has 0 atom stereocenters. The van der Waals surface area contributed by atoms with Crippen LogP contribution in [0.1, 0.15) is 12.0 Å². The van der Waals surface area contributed by atoms with Crippen LogP contribution in [0.25, 0.3) is 0 Å². The third-order valence-corrected chi connectivity index (χ3v) is 4.49. The van der Waals surface area contributed by atoms with Gasteiger partial charge in [0.2, 0.25) is 0 Å². The Hall–Kier alpha value is -2.49. The van der Waals surface area contributed by atoms with Crippen molar-refractivity contribution in [1.29, 1.82) is 0 Å². The molecule has 1 aromatic heterocycles. The molecule has 0 unspecified atom stereocenters. The standard InChI is InChI=1S/C17H18ClF4N5O/c18-11-4-2-1-3-10(11)7-24-14-13(23)15(27-6-5-17(21,22)9-27)26-16(25-14)28-8-12(19)20/h1-4,12H,5-9,23H2,(H,24,25,26). The molecule has 11 heteroatoms. The Labute approximate surface area is 163 Å². The normalized spacial score (nSPS) is 15.9. The second-order valence-corrected chi connectivity index (χ2v) is 6.67. The van der Waals surface area contributed by atoms with Gasteiger partial charge in [-0.3, -0.25) is 0 Å². The summed E-state index contributed by atoms with van der Waals surface area (Å²) in [5, 5.41) is 3.45. The molecule has 28 heavy (non-hydrogen) atoms. The first-order valence-corrected chi connectivity index (χ1v) is 8.81. The van der Waals surface area contributed by atoms with Gasteiger partial charge in [-0.1, -0.05) is 29.8 Å². The number of benzene rings is 1. The van der Waals surface area contributed by atoms with Crippen molar-refractivity contribution in [2.24, 2.45) is 0 Å². The number of hydrogen-bond donors (Lipinski definition) is 2. The van der Waals surface area contributed by atoms with Gasteiger partial charge in [0.1, 0.15) is 5.69 Å². The molecule has 1 aromatic carbocycles. The topological polar surface area (TPSA) is 76.3 Å². The minimum absolute atomic E-state index is 0.0121. The summed E-state index contributed by atoms with van der Waals surface area (Å²) in [6.45, 7) is -1.26. The molecule has 0 radical (unpaired) electrons. The molecule has 1 aliphatic rings. The Morgan fingerprint density at radius 3 is 2.68 bits per heavy atom. The Balaban J connectivity index is 1.87. The molecule has 3 N–H and O–H groups in total. The molecular weight excluding hydrogens is 402 g/mol. The predicted molar refractivity (Wildman–Crippen MR) is 98.5 cm³/mol. The van der Waals surface area contributed by atoms with Gasteiger partial charge in [-0.2, -0.15) is 9.97 Å². The third-order valence-electron chi connectivity index (χ3n) is 4.12. The predicted octanol–water partition coefficient (Wildman–Crippen LogP) is 3.81. The van der Waals surface area contributed by atoms with Crippen molar-refractivity contribution in [3.8, 4) is 6.01 Å². The van der Waals surface area contributed by atoms with Gasteiger partial charge in [0, 0.05) is 24.5 Å². The molecule has 1 fully saturated rings. The molecule has 2 heterocycles. The summed E-state index contributed by atoms with van der Waals surface area (Å²) in [7, 11) is 0. The van der Waals surface area contributed by atoms with Gasteiger partial charge in [-0.15, -0.1) is 0 Å². The van der Waals surface area contributed by atoms with E-state index in [1.54, 1.807) is 24.3 Å². The average Bonchev–Trinajstić information content (AvgIpc) is 3.00. The summed E-state index contributed by atoms with van der Waals surface area (Å²) in [5.41, 5.74) is 6.83. The number of rotatable bonds is 7. The van der Waals surface area contributed by atoms with Crippen LogP contribution in [0, 0.1) is 0 Å². The first kappa shape index (κ1) is 20.2. The highest BCUT2D eigenvalue weighted by atomic mass is 35.5. The maximum Gasteiger partial charge on any atom is 0.320 e. The fourth-order valence-corrected chi connectivity index (χ4v) is 2.96. The van der Waals surface area contributed by atoms with Crippen molar-refractivity contribution >= 4 is 28.9 Å². The Bertz CT molecular complexity index is 839. The first-order valence-electron chi connectivity index (χ1n) is 8.44. The van der Waals surface area contributed by atoms with Crippen molar-refractivity contribution in [3.05, 3.63) is 34.9 Å². The first-order chi connectivity index (χ1) is 13.2. The molecule has 0 saturated carbocycles. The second kappa shape index (κ2) is 8.26. The van der Waals surface area contributed by atoms with Crippen LogP contribution in [0.3, 0.4) is 0 Å². The van der Waals surface area contributed by atoms with Crippen molar-refractivity contribution in [3.63, 3.8) is 0 Å². The van der Waals surface area contributed by atoms with Crippen LogP contribution >= 0.6 is 11.6 Å². The molecule has 2 aromatic rings. The van der Waals surface area contributed by atoms with E-state index >= 15 is 0 Å². The zero-order valence-corrected chi connectivity index (χ0v) is 15.4. The maximum absolute atomic E-state index is 13.6. The smallest absolute Gasteiger partial charge is 0.320 e. The lowest BCUT2D eigenvalue weighted by atomic mass is 10.2. The number of hydrogen-bond acceptors (Lipinski definition) is 6.